The predicted molar refractivity (Wildman–Crippen MR) is 23.9 cm³/mol. The fourth-order valence-electron chi connectivity index (χ4n) is 0.146. The van der Waals surface area contributed by atoms with Gasteiger partial charge in [0.15, 0.2) is 0 Å². The van der Waals surface area contributed by atoms with Crippen molar-refractivity contribution in [2.24, 2.45) is 0 Å². The molecule has 0 unspecified atom stereocenters. The van der Waals surface area contributed by atoms with E-state index in [1.165, 1.54) is 0 Å². The third kappa shape index (κ3) is 9.45. The largest absolute Gasteiger partial charge is 1.00 e. The Morgan fingerprint density at radius 1 is 1.27 bits per heavy atom. The van der Waals surface area contributed by atoms with Gasteiger partial charge in [-0.15, -0.1) is 0 Å². The molecule has 0 aliphatic heterocycles. The van der Waals surface area contributed by atoms with Crippen LogP contribution in [0.2, 0.25) is 0 Å². The predicted octanol–water partition coefficient (Wildman–Crippen LogP) is -8.41. The Kier molecular flexibility index (Phi) is 11.6. The molecule has 0 atom stereocenters. The molecule has 11 heavy (non-hydrogen) atoms. The molecule has 6 nitrogen and oxygen atoms in total. The van der Waals surface area contributed by atoms with Crippen molar-refractivity contribution >= 4 is 19.3 Å². The minimum Gasteiger partial charge on any atom is -1.00 e. The van der Waals surface area contributed by atoms with Crippen LogP contribution in [0.5, 0.6) is 0 Å². The second kappa shape index (κ2) is 7.56. The van der Waals surface area contributed by atoms with E-state index in [0.717, 1.165) is 0 Å². The van der Waals surface area contributed by atoms with Gasteiger partial charge in [0.1, 0.15) is 0 Å². The third-order valence-electron chi connectivity index (χ3n) is 0.387. The summed E-state index contributed by atoms with van der Waals surface area (Å²) in [5.74, 6) is -3.58. The first kappa shape index (κ1) is 16.8. The van der Waals surface area contributed by atoms with Gasteiger partial charge in [0.05, 0.1) is 0 Å². The first-order valence-electron chi connectivity index (χ1n) is 1.84. The molecule has 0 fully saturated rings. The molecule has 0 heterocycles. The van der Waals surface area contributed by atoms with Crippen LogP contribution in [0.15, 0.2) is 0 Å². The van der Waals surface area contributed by atoms with Crippen molar-refractivity contribution in [2.45, 2.75) is 0 Å². The van der Waals surface area contributed by atoms with Crippen LogP contribution in [0.3, 0.4) is 0 Å². The Bertz CT molecular complexity index is 139. The molecule has 0 aromatic heterocycles. The first-order chi connectivity index (χ1) is 4.04. The van der Waals surface area contributed by atoms with Gasteiger partial charge in [-0.2, -0.15) is 0 Å². The molecule has 9 heteroatoms. The molecule has 0 saturated heterocycles. The molecular weight excluding hydrogens is 157 g/mol. The Hall–Kier alpha value is -0.548. The van der Waals surface area contributed by atoms with E-state index < -0.39 is 19.3 Å². The molecule has 0 aromatic carbocycles. The molecule has 0 aliphatic carbocycles. The monoisotopic (exact) mass is 160 g/mol. The normalized spacial score (nSPS) is 6.73. The maximum absolute atomic E-state index is 9.81. The average molecular weight is 160 g/mol. The van der Waals surface area contributed by atoms with E-state index in [-0.39, 0.29) is 23.6 Å². The number of hydrogen-bond donors (Lipinski definition) is 3. The molecule has 0 aliphatic rings. The summed E-state index contributed by atoms with van der Waals surface area (Å²) in [4.78, 5) is 19.3. The van der Waals surface area contributed by atoms with Gasteiger partial charge in [0.2, 0.25) is 0 Å². The topological polar surface area (TPSA) is 104 Å². The van der Waals surface area contributed by atoms with Crippen molar-refractivity contribution in [3.63, 3.8) is 0 Å². The van der Waals surface area contributed by atoms with Crippen LogP contribution in [0.1, 0.15) is 0 Å². The van der Waals surface area contributed by atoms with Gasteiger partial charge < -0.3 is 24.5 Å². The number of hydrogen-bond acceptors (Lipinski definition) is 5. The zero-order chi connectivity index (χ0) is 7.44. The van der Waals surface area contributed by atoms with Crippen molar-refractivity contribution in [3.8, 4) is 0 Å². The van der Waals surface area contributed by atoms with Crippen LogP contribution >= 0.6 is 0 Å². The number of carboxylic acid groups (broad SMARTS) is 1. The first-order valence-corrected chi connectivity index (χ1v) is 1.84. The van der Waals surface area contributed by atoms with Crippen LogP contribution < -0.4 is 23.6 Å². The summed E-state index contributed by atoms with van der Waals surface area (Å²) in [6.45, 7) is 0. The quantitative estimate of drug-likeness (QED) is 0.260. The van der Waals surface area contributed by atoms with Crippen LogP contribution in [0.4, 0.5) is 0 Å². The van der Waals surface area contributed by atoms with E-state index >= 15 is 0 Å². The van der Waals surface area contributed by atoms with Crippen molar-refractivity contribution in [2.75, 3.05) is 0 Å². The summed E-state index contributed by atoms with van der Waals surface area (Å²) in [7, 11) is -2.37. The molecule has 0 aromatic rings. The minimum absolute atomic E-state index is 0. The number of halogens is 1. The summed E-state index contributed by atoms with van der Waals surface area (Å²) >= 11 is 0. The Balaban J connectivity index is -0.000000320. The van der Waals surface area contributed by atoms with Crippen LogP contribution in [0.25, 0.3) is 0 Å². The summed E-state index contributed by atoms with van der Waals surface area (Å²) in [5, 5.41) is 23.4. The average Bonchev–Trinajstić information content (AvgIpc) is 1.63. The maximum Gasteiger partial charge on any atom is 1.00 e. The number of rotatable bonds is 1. The van der Waals surface area contributed by atoms with Gasteiger partial charge in [0, 0.05) is 0 Å². The molecule has 0 bridgehead atoms. The van der Waals surface area contributed by atoms with Crippen LogP contribution in [0, 0.1) is 0 Å². The number of carbonyl (C=O) groups excluding carboxylic acids is 1. The smallest absolute Gasteiger partial charge is 1.00 e. The second-order valence-electron chi connectivity index (χ2n) is 1.04. The van der Waals surface area contributed by atoms with E-state index in [9.17, 15) is 9.59 Å². The number of aliphatic carboxylic acids is 1. The van der Waals surface area contributed by atoms with E-state index in [0.29, 0.717) is 0 Å². The SMILES string of the molecule is O=C(O)C(=O)OB(O)O.[F-].[Li+]. The van der Waals surface area contributed by atoms with Gasteiger partial charge in [0.25, 0.3) is 0 Å². The van der Waals surface area contributed by atoms with Crippen LogP contribution in [-0.4, -0.2) is 34.4 Å². The molecule has 0 amide bonds. The van der Waals surface area contributed by atoms with Crippen molar-refractivity contribution in [3.05, 3.63) is 0 Å². The van der Waals surface area contributed by atoms with Crippen LogP contribution in [-0.2, 0) is 14.2 Å². The van der Waals surface area contributed by atoms with Crippen molar-refractivity contribution in [1.82, 2.24) is 0 Å². The zero-order valence-electron chi connectivity index (χ0n) is 5.52. The van der Waals surface area contributed by atoms with E-state index in [1.807, 2.05) is 0 Å². The number of carboxylic acids is 1. The van der Waals surface area contributed by atoms with Gasteiger partial charge in [-0.05, 0) is 0 Å². The summed E-state index contributed by atoms with van der Waals surface area (Å²) < 4.78 is 3.38. The fraction of sp³-hybridized carbons (Fsp3) is 0. The second-order valence-corrected chi connectivity index (χ2v) is 1.04. The fourth-order valence-corrected chi connectivity index (χ4v) is 0.146. The zero-order valence-corrected chi connectivity index (χ0v) is 5.52. The maximum atomic E-state index is 9.81. The summed E-state index contributed by atoms with van der Waals surface area (Å²) in [5.41, 5.74) is 0. The molecule has 58 valence electrons. The number of carbonyl (C=O) groups is 2. The van der Waals surface area contributed by atoms with E-state index in [2.05, 4.69) is 4.65 Å². The Morgan fingerprint density at radius 3 is 1.73 bits per heavy atom. The van der Waals surface area contributed by atoms with Gasteiger partial charge in [-0.3, -0.25) is 0 Å². The molecule has 0 rings (SSSR count). The molecule has 0 radical (unpaired) electrons. The van der Waals surface area contributed by atoms with E-state index in [4.69, 9.17) is 15.2 Å². The molecule has 3 N–H and O–H groups in total. The Labute approximate surface area is 72.9 Å². The Morgan fingerprint density at radius 2 is 1.64 bits per heavy atom. The summed E-state index contributed by atoms with van der Waals surface area (Å²) in [6.07, 6.45) is 0. The summed E-state index contributed by atoms with van der Waals surface area (Å²) in [6, 6.07) is 0. The van der Waals surface area contributed by atoms with E-state index in [1.54, 1.807) is 0 Å². The van der Waals surface area contributed by atoms with Gasteiger partial charge in [-0.1, -0.05) is 0 Å². The van der Waals surface area contributed by atoms with Crippen molar-refractivity contribution in [1.29, 1.82) is 0 Å². The van der Waals surface area contributed by atoms with Crippen molar-refractivity contribution < 1.29 is 53.0 Å². The third-order valence-corrected chi connectivity index (χ3v) is 0.387. The minimum atomic E-state index is -2.37. The molecule has 0 spiro atoms. The molecular formula is C2H3BFLiO6. The van der Waals surface area contributed by atoms with Gasteiger partial charge >= 0.3 is 38.1 Å². The van der Waals surface area contributed by atoms with Gasteiger partial charge in [-0.25, -0.2) is 9.59 Å². The standard InChI is InChI=1S/C2H3BO6.FH.Li/c4-1(5)2(6)9-3(7)8;;/h7-8H,(H,4,5);1H;/q;;+1/p-1. The molecule has 0 saturated carbocycles.